The van der Waals surface area contributed by atoms with Crippen molar-refractivity contribution in [3.05, 3.63) is 70.8 Å². The largest absolute Gasteiger partial charge is 0.288 e. The summed E-state index contributed by atoms with van der Waals surface area (Å²) < 4.78 is 26.7. The topological polar surface area (TPSA) is 17.1 Å². The van der Waals surface area contributed by atoms with Crippen molar-refractivity contribution >= 4 is 5.78 Å². The zero-order valence-electron chi connectivity index (χ0n) is 11.7. The molecule has 0 heterocycles. The van der Waals surface area contributed by atoms with Crippen LogP contribution in [0.5, 0.6) is 0 Å². The van der Waals surface area contributed by atoms with Gasteiger partial charge in [0.25, 0.3) is 0 Å². The molecule has 2 rings (SSSR count). The molecular formula is C17H16F2O. The van der Waals surface area contributed by atoms with Crippen molar-refractivity contribution in [1.82, 2.24) is 0 Å². The molecule has 2 aromatic carbocycles. The average molecular weight is 274 g/mol. The van der Waals surface area contributed by atoms with Gasteiger partial charge in [-0.2, -0.15) is 0 Å². The van der Waals surface area contributed by atoms with Crippen LogP contribution in [0, 0.1) is 11.6 Å². The molecule has 2 aromatic rings. The highest BCUT2D eigenvalue weighted by atomic mass is 19.1. The molecule has 0 aliphatic heterocycles. The molecule has 0 saturated heterocycles. The first-order valence-corrected chi connectivity index (χ1v) is 6.39. The predicted octanol–water partition coefficient (Wildman–Crippen LogP) is 4.49. The van der Waals surface area contributed by atoms with Crippen LogP contribution in [0.3, 0.4) is 0 Å². The van der Waals surface area contributed by atoms with E-state index in [1.807, 2.05) is 12.1 Å². The predicted molar refractivity (Wildman–Crippen MR) is 74.9 cm³/mol. The lowest BCUT2D eigenvalue weighted by atomic mass is 9.86. The molecule has 0 amide bonds. The van der Waals surface area contributed by atoms with Gasteiger partial charge in [-0.25, -0.2) is 8.78 Å². The number of rotatable bonds is 2. The van der Waals surface area contributed by atoms with E-state index in [-0.39, 0.29) is 11.0 Å². The quantitative estimate of drug-likeness (QED) is 0.737. The molecule has 0 aliphatic carbocycles. The number of ketones is 1. The second-order valence-electron chi connectivity index (χ2n) is 5.78. The van der Waals surface area contributed by atoms with Crippen LogP contribution in [0.4, 0.5) is 8.78 Å². The molecule has 0 unspecified atom stereocenters. The standard InChI is InChI=1S/C17H16F2O/c1-17(2,3)12-6-4-11(5-7-12)16(20)14-10-13(18)8-9-15(14)19/h4-10H,1-3H3. The van der Waals surface area contributed by atoms with E-state index in [2.05, 4.69) is 20.8 Å². The van der Waals surface area contributed by atoms with Crippen molar-refractivity contribution in [2.45, 2.75) is 26.2 Å². The van der Waals surface area contributed by atoms with Crippen LogP contribution < -0.4 is 0 Å². The lowest BCUT2D eigenvalue weighted by molar-refractivity contribution is 0.103. The summed E-state index contributed by atoms with van der Waals surface area (Å²) in [6.45, 7) is 6.20. The summed E-state index contributed by atoms with van der Waals surface area (Å²) >= 11 is 0. The molecule has 0 fully saturated rings. The summed E-state index contributed by atoms with van der Waals surface area (Å²) in [6, 6.07) is 9.85. The Morgan fingerprint density at radius 1 is 0.950 bits per heavy atom. The maximum absolute atomic E-state index is 13.6. The van der Waals surface area contributed by atoms with Crippen LogP contribution in [0.25, 0.3) is 0 Å². The van der Waals surface area contributed by atoms with E-state index in [1.54, 1.807) is 12.1 Å². The molecule has 0 aliphatic rings. The molecule has 0 N–H and O–H groups in total. The first kappa shape index (κ1) is 14.4. The fraction of sp³-hybridized carbons (Fsp3) is 0.235. The Balaban J connectivity index is 2.37. The van der Waals surface area contributed by atoms with E-state index in [4.69, 9.17) is 0 Å². The molecule has 0 radical (unpaired) electrons. The Morgan fingerprint density at radius 2 is 1.55 bits per heavy atom. The van der Waals surface area contributed by atoms with Gasteiger partial charge in [0.05, 0.1) is 5.56 Å². The molecule has 1 nitrogen and oxygen atoms in total. The van der Waals surface area contributed by atoms with Crippen molar-refractivity contribution in [1.29, 1.82) is 0 Å². The summed E-state index contributed by atoms with van der Waals surface area (Å²) in [7, 11) is 0. The van der Waals surface area contributed by atoms with Crippen LogP contribution in [0.2, 0.25) is 0 Å². The minimum Gasteiger partial charge on any atom is -0.288 e. The van der Waals surface area contributed by atoms with Crippen molar-refractivity contribution in [3.8, 4) is 0 Å². The summed E-state index contributed by atoms with van der Waals surface area (Å²) in [5.41, 5.74) is 1.16. The second-order valence-corrected chi connectivity index (χ2v) is 5.78. The van der Waals surface area contributed by atoms with Crippen molar-refractivity contribution in [3.63, 3.8) is 0 Å². The summed E-state index contributed by atoms with van der Waals surface area (Å²) in [6.07, 6.45) is 0. The normalized spacial score (nSPS) is 11.4. The number of carbonyl (C=O) groups is 1. The van der Waals surface area contributed by atoms with Gasteiger partial charge in [-0.05, 0) is 29.2 Å². The number of benzene rings is 2. The van der Waals surface area contributed by atoms with Gasteiger partial charge in [-0.1, -0.05) is 45.0 Å². The zero-order chi connectivity index (χ0) is 14.9. The molecule has 0 aromatic heterocycles. The maximum atomic E-state index is 13.6. The summed E-state index contributed by atoms with van der Waals surface area (Å²) in [5, 5.41) is 0. The Bertz CT molecular complexity index is 637. The van der Waals surface area contributed by atoms with E-state index in [0.29, 0.717) is 5.56 Å². The number of hydrogen-bond acceptors (Lipinski definition) is 1. The monoisotopic (exact) mass is 274 g/mol. The smallest absolute Gasteiger partial charge is 0.196 e. The Hall–Kier alpha value is -2.03. The average Bonchev–Trinajstić information content (AvgIpc) is 2.40. The molecule has 104 valence electrons. The first-order valence-electron chi connectivity index (χ1n) is 6.39. The Kier molecular flexibility index (Phi) is 3.71. The van der Waals surface area contributed by atoms with Gasteiger partial charge in [-0.15, -0.1) is 0 Å². The van der Waals surface area contributed by atoms with Gasteiger partial charge in [-0.3, -0.25) is 4.79 Å². The molecular weight excluding hydrogens is 258 g/mol. The number of carbonyl (C=O) groups excluding carboxylic acids is 1. The molecule has 0 atom stereocenters. The SMILES string of the molecule is CC(C)(C)c1ccc(C(=O)c2cc(F)ccc2F)cc1. The Labute approximate surface area is 117 Å². The third kappa shape index (κ3) is 2.93. The van der Waals surface area contributed by atoms with Gasteiger partial charge >= 0.3 is 0 Å². The third-order valence-corrected chi connectivity index (χ3v) is 3.19. The van der Waals surface area contributed by atoms with Gasteiger partial charge in [0, 0.05) is 5.56 Å². The van der Waals surface area contributed by atoms with Crippen LogP contribution >= 0.6 is 0 Å². The molecule has 0 spiro atoms. The number of halogens is 2. The van der Waals surface area contributed by atoms with Crippen LogP contribution in [0.15, 0.2) is 42.5 Å². The minimum absolute atomic E-state index is 0.0221. The second kappa shape index (κ2) is 5.16. The maximum Gasteiger partial charge on any atom is 0.196 e. The zero-order valence-corrected chi connectivity index (χ0v) is 11.7. The highest BCUT2D eigenvalue weighted by Gasteiger charge is 2.17. The van der Waals surface area contributed by atoms with Gasteiger partial charge in [0.15, 0.2) is 5.78 Å². The first-order chi connectivity index (χ1) is 9.29. The third-order valence-electron chi connectivity index (χ3n) is 3.19. The lowest BCUT2D eigenvalue weighted by Crippen LogP contribution is -2.11. The van der Waals surface area contributed by atoms with E-state index in [0.717, 1.165) is 23.8 Å². The fourth-order valence-corrected chi connectivity index (χ4v) is 1.95. The van der Waals surface area contributed by atoms with E-state index in [1.165, 1.54) is 0 Å². The van der Waals surface area contributed by atoms with Gasteiger partial charge < -0.3 is 0 Å². The molecule has 0 saturated carbocycles. The van der Waals surface area contributed by atoms with Crippen molar-refractivity contribution in [2.75, 3.05) is 0 Å². The molecule has 0 bridgehead atoms. The summed E-state index contributed by atoms with van der Waals surface area (Å²) in [4.78, 5) is 12.2. The lowest BCUT2D eigenvalue weighted by Gasteiger charge is -2.19. The van der Waals surface area contributed by atoms with Gasteiger partial charge in [0.2, 0.25) is 0 Å². The molecule has 3 heteroatoms. The minimum atomic E-state index is -0.712. The van der Waals surface area contributed by atoms with E-state index >= 15 is 0 Å². The number of hydrogen-bond donors (Lipinski definition) is 0. The van der Waals surface area contributed by atoms with Crippen molar-refractivity contribution < 1.29 is 13.6 Å². The summed E-state index contributed by atoms with van der Waals surface area (Å²) in [5.74, 6) is -1.85. The van der Waals surface area contributed by atoms with Gasteiger partial charge in [0.1, 0.15) is 11.6 Å². The van der Waals surface area contributed by atoms with E-state index in [9.17, 15) is 13.6 Å². The fourth-order valence-electron chi connectivity index (χ4n) is 1.95. The Morgan fingerprint density at radius 3 is 2.10 bits per heavy atom. The van der Waals surface area contributed by atoms with E-state index < -0.39 is 17.4 Å². The van der Waals surface area contributed by atoms with Crippen LogP contribution in [-0.4, -0.2) is 5.78 Å². The highest BCUT2D eigenvalue weighted by molar-refractivity contribution is 6.09. The molecule has 20 heavy (non-hydrogen) atoms. The highest BCUT2D eigenvalue weighted by Crippen LogP contribution is 2.23. The van der Waals surface area contributed by atoms with Crippen LogP contribution in [0.1, 0.15) is 42.3 Å². The van der Waals surface area contributed by atoms with Crippen molar-refractivity contribution in [2.24, 2.45) is 0 Å². The van der Waals surface area contributed by atoms with Crippen LogP contribution in [-0.2, 0) is 5.41 Å².